The van der Waals surface area contributed by atoms with Gasteiger partial charge in [0.05, 0.1) is 12.3 Å². The minimum absolute atomic E-state index is 0. The molecule has 1 saturated carbocycles. The van der Waals surface area contributed by atoms with Crippen molar-refractivity contribution in [1.29, 1.82) is 0 Å². The standard InChI is InChI=1S/C10H19NO4.C7H13N.C4H6O4.Pt/c1-3-11(4-2)6-5-8(10(14)15)7-9(12)13;1-2-6-3-4-7(6)5-8;1-2-3-4-6-8-7-5;/h8H,3-7H2,1-2H3,(H,12,13)(H,14,15);6-8H,1-5H2;5H,4H2,1H3;/q;-2;;+2. The van der Waals surface area contributed by atoms with Crippen molar-refractivity contribution in [3.8, 4) is 11.8 Å². The van der Waals surface area contributed by atoms with Crippen molar-refractivity contribution in [2.75, 3.05) is 32.8 Å². The van der Waals surface area contributed by atoms with Crippen LogP contribution in [0.2, 0.25) is 0 Å². The first-order valence-electron chi connectivity index (χ1n) is 10.4. The monoisotopic (exact) mass is 641 g/mol. The van der Waals surface area contributed by atoms with Crippen LogP contribution in [-0.4, -0.2) is 65.1 Å². The number of carboxylic acids is 2. The summed E-state index contributed by atoms with van der Waals surface area (Å²) in [6, 6.07) is 0. The molecule has 0 bridgehead atoms. The predicted octanol–water partition coefficient (Wildman–Crippen LogP) is 3.54. The van der Waals surface area contributed by atoms with Crippen LogP contribution in [0.1, 0.15) is 52.9 Å². The number of rotatable bonds is 13. The summed E-state index contributed by atoms with van der Waals surface area (Å²) in [5.74, 6) is 3.68. The van der Waals surface area contributed by atoms with Crippen LogP contribution < -0.4 is 0 Å². The third kappa shape index (κ3) is 19.6. The van der Waals surface area contributed by atoms with Crippen LogP contribution in [0.15, 0.2) is 0 Å². The van der Waals surface area contributed by atoms with Crippen molar-refractivity contribution in [1.82, 2.24) is 4.90 Å². The van der Waals surface area contributed by atoms with E-state index in [1.54, 1.807) is 6.92 Å². The Balaban J connectivity index is -0.000000420. The third-order valence-corrected chi connectivity index (χ3v) is 5.05. The molecule has 10 nitrogen and oxygen atoms in total. The zero-order chi connectivity index (χ0) is 24.1. The summed E-state index contributed by atoms with van der Waals surface area (Å²) in [4.78, 5) is 27.3. The molecule has 4 N–H and O–H groups in total. The van der Waals surface area contributed by atoms with E-state index in [9.17, 15) is 9.59 Å². The molecule has 3 atom stereocenters. The number of carbonyl (C=O) groups is 2. The van der Waals surface area contributed by atoms with E-state index in [0.717, 1.165) is 25.4 Å². The van der Waals surface area contributed by atoms with E-state index in [0.29, 0.717) is 25.4 Å². The molecule has 3 unspecified atom stereocenters. The zero-order valence-electron chi connectivity index (χ0n) is 19.2. The quantitative estimate of drug-likeness (QED) is 0.0903. The van der Waals surface area contributed by atoms with Crippen LogP contribution in [0, 0.1) is 36.5 Å². The number of hydrogen-bond donors (Lipinski definition) is 3. The van der Waals surface area contributed by atoms with E-state index < -0.39 is 17.9 Å². The van der Waals surface area contributed by atoms with Gasteiger partial charge in [-0.1, -0.05) is 44.4 Å². The van der Waals surface area contributed by atoms with Crippen LogP contribution in [-0.2, 0) is 45.6 Å². The van der Waals surface area contributed by atoms with Gasteiger partial charge in [0, 0.05) is 0 Å². The van der Waals surface area contributed by atoms with E-state index in [4.69, 9.17) is 21.2 Å². The van der Waals surface area contributed by atoms with Crippen molar-refractivity contribution in [2.24, 2.45) is 17.8 Å². The summed E-state index contributed by atoms with van der Waals surface area (Å²) in [6.07, 6.45) is 3.75. The van der Waals surface area contributed by atoms with E-state index in [1.165, 1.54) is 12.8 Å². The zero-order valence-corrected chi connectivity index (χ0v) is 21.4. The Bertz CT molecular complexity index is 510. The summed E-state index contributed by atoms with van der Waals surface area (Å²) in [6.45, 7) is 12.5. The molecule has 1 aliphatic carbocycles. The Kier molecular flexibility index (Phi) is 27.3. The Morgan fingerprint density at radius 2 is 1.81 bits per heavy atom. The van der Waals surface area contributed by atoms with Crippen molar-refractivity contribution in [3.05, 3.63) is 12.7 Å². The molecule has 32 heavy (non-hydrogen) atoms. The molecule has 0 amide bonds. The fourth-order valence-electron chi connectivity index (χ4n) is 2.84. The first-order chi connectivity index (χ1) is 14.8. The molecule has 0 aromatic carbocycles. The van der Waals surface area contributed by atoms with E-state index in [1.807, 2.05) is 13.8 Å². The molecule has 0 aliphatic heterocycles. The van der Waals surface area contributed by atoms with Gasteiger partial charge >= 0.3 is 33.0 Å². The van der Waals surface area contributed by atoms with E-state index >= 15 is 0 Å². The second-order valence-corrected chi connectivity index (χ2v) is 6.87. The third-order valence-electron chi connectivity index (χ3n) is 5.05. The first-order valence-corrected chi connectivity index (χ1v) is 10.4. The summed E-state index contributed by atoms with van der Waals surface area (Å²) in [7, 11) is 0. The molecule has 11 heteroatoms. The summed E-state index contributed by atoms with van der Waals surface area (Å²) < 4.78 is 0. The van der Waals surface area contributed by atoms with Crippen LogP contribution >= 0.6 is 0 Å². The number of nitrogens with zero attached hydrogens (tertiary/aromatic N) is 1. The van der Waals surface area contributed by atoms with Gasteiger partial charge in [0.2, 0.25) is 0 Å². The molecule has 0 aromatic rings. The van der Waals surface area contributed by atoms with Crippen LogP contribution in [0.3, 0.4) is 0 Å². The minimum Gasteiger partial charge on any atom is -0.677 e. The van der Waals surface area contributed by atoms with Crippen molar-refractivity contribution >= 4 is 11.9 Å². The molecule has 190 valence electrons. The molecule has 1 rings (SSSR count). The second-order valence-electron chi connectivity index (χ2n) is 6.87. The Labute approximate surface area is 205 Å². The minimum atomic E-state index is -1.05. The van der Waals surface area contributed by atoms with Gasteiger partial charge in [0.1, 0.15) is 6.61 Å². The molecule has 1 fully saturated rings. The summed E-state index contributed by atoms with van der Waals surface area (Å²) in [5, 5.41) is 31.5. The Morgan fingerprint density at radius 1 is 1.22 bits per heavy atom. The smallest absolute Gasteiger partial charge is 0.677 e. The van der Waals surface area contributed by atoms with Gasteiger partial charge in [-0.3, -0.25) is 9.59 Å². The molecule has 0 heterocycles. The van der Waals surface area contributed by atoms with Crippen LogP contribution in [0.4, 0.5) is 0 Å². The number of hydrogen-bond acceptors (Lipinski definition) is 7. The van der Waals surface area contributed by atoms with Crippen LogP contribution in [0.25, 0.3) is 5.73 Å². The molecule has 0 spiro atoms. The topological polar surface area (TPSA) is 150 Å². The summed E-state index contributed by atoms with van der Waals surface area (Å²) in [5.41, 5.74) is 7.07. The maximum absolute atomic E-state index is 10.7. The molecule has 0 radical (unpaired) electrons. The average Bonchev–Trinajstić information content (AvgIpc) is 2.71. The second kappa shape index (κ2) is 24.6. The number of nitrogens with one attached hydrogen (secondary N) is 1. The SMILES string of the molecule is CC#CCOOOO.CCN(CC)CCC(CC(=O)O)C(=O)O.[CH2-]CC1CCC1C[NH-].[Pt+2]. The largest absolute Gasteiger partial charge is 2.00 e. The Morgan fingerprint density at radius 3 is 2.12 bits per heavy atom. The fraction of sp³-hybridized carbons (Fsp3) is 0.762. The Hall–Kier alpha value is -1.05. The molecule has 0 aromatic heterocycles. The van der Waals surface area contributed by atoms with Crippen molar-refractivity contribution in [3.63, 3.8) is 0 Å². The van der Waals surface area contributed by atoms with Crippen molar-refractivity contribution in [2.45, 2.75) is 52.9 Å². The van der Waals surface area contributed by atoms with Gasteiger partial charge < -0.3 is 27.8 Å². The summed E-state index contributed by atoms with van der Waals surface area (Å²) >= 11 is 0. The molecule has 1 aliphatic rings. The van der Waals surface area contributed by atoms with Gasteiger partial charge in [0.25, 0.3) is 0 Å². The van der Waals surface area contributed by atoms with Gasteiger partial charge in [-0.25, -0.2) is 5.26 Å². The van der Waals surface area contributed by atoms with E-state index in [-0.39, 0.29) is 34.1 Å². The molecular weight excluding hydrogens is 603 g/mol. The molecule has 0 saturated heterocycles. The van der Waals surface area contributed by atoms with Gasteiger partial charge in [0.15, 0.2) is 0 Å². The number of carboxylic acid groups (broad SMARTS) is 2. The average molecular weight is 642 g/mol. The number of aliphatic carboxylic acids is 2. The van der Waals surface area contributed by atoms with Crippen molar-refractivity contribution < 1.29 is 61.1 Å². The maximum atomic E-state index is 10.7. The van der Waals surface area contributed by atoms with Gasteiger partial charge in [-0.2, -0.15) is 11.3 Å². The van der Waals surface area contributed by atoms with Gasteiger partial charge in [-0.05, 0) is 43.1 Å². The fourth-order valence-corrected chi connectivity index (χ4v) is 2.84. The molecular formula is C21H38N2O8Pt. The van der Waals surface area contributed by atoms with Crippen LogP contribution in [0.5, 0.6) is 0 Å². The van der Waals surface area contributed by atoms with Gasteiger partial charge in [-0.15, -0.1) is 12.5 Å². The predicted molar refractivity (Wildman–Crippen MR) is 115 cm³/mol. The van der Waals surface area contributed by atoms with E-state index in [2.05, 4.69) is 38.6 Å². The first kappa shape index (κ1) is 35.5. The normalized spacial score (nSPS) is 17.1. The maximum Gasteiger partial charge on any atom is 2.00 e.